The average molecular weight is 415 g/mol. The number of benzene rings is 2. The minimum atomic E-state index is -1.03. The number of carbonyl (C=O) groups excluding carboxylic acids is 3. The van der Waals surface area contributed by atoms with Crippen molar-refractivity contribution >= 4 is 17.7 Å². The summed E-state index contributed by atoms with van der Waals surface area (Å²) in [5.41, 5.74) is 10.6. The highest BCUT2D eigenvalue weighted by molar-refractivity contribution is 5.95. The fraction of sp³-hybridized carbons (Fsp3) is 0.318. The monoisotopic (exact) mass is 414 g/mol. The van der Waals surface area contributed by atoms with Gasteiger partial charge in [-0.3, -0.25) is 19.6 Å². The first kappa shape index (κ1) is 24.8. The van der Waals surface area contributed by atoms with Crippen LogP contribution in [0.5, 0.6) is 0 Å². The molecule has 8 nitrogen and oxygen atoms in total. The molecule has 0 heterocycles. The summed E-state index contributed by atoms with van der Waals surface area (Å²) >= 11 is 0. The first-order valence-corrected chi connectivity index (χ1v) is 9.39. The van der Waals surface area contributed by atoms with Gasteiger partial charge < -0.3 is 16.4 Å². The van der Waals surface area contributed by atoms with E-state index < -0.39 is 17.9 Å². The topological polar surface area (TPSA) is 134 Å². The van der Waals surface area contributed by atoms with Crippen molar-refractivity contribution in [1.82, 2.24) is 16.1 Å². The Balaban J connectivity index is 0.00000450. The van der Waals surface area contributed by atoms with Crippen LogP contribution in [0.25, 0.3) is 11.1 Å². The van der Waals surface area contributed by atoms with E-state index in [1.807, 2.05) is 12.1 Å². The van der Waals surface area contributed by atoms with Gasteiger partial charge in [0, 0.05) is 25.1 Å². The van der Waals surface area contributed by atoms with Gasteiger partial charge in [-0.1, -0.05) is 50.7 Å². The van der Waals surface area contributed by atoms with Crippen molar-refractivity contribution in [2.75, 3.05) is 13.1 Å². The fourth-order valence-electron chi connectivity index (χ4n) is 2.71. The number of hydrogen-bond acceptors (Lipinski definition) is 5. The Morgan fingerprint density at radius 3 is 2.07 bits per heavy atom. The van der Waals surface area contributed by atoms with Crippen LogP contribution in [0, 0.1) is 0 Å². The zero-order valence-corrected chi connectivity index (χ0v) is 16.3. The summed E-state index contributed by atoms with van der Waals surface area (Å²) < 4.78 is 0. The van der Waals surface area contributed by atoms with Gasteiger partial charge in [-0.25, -0.2) is 5.48 Å². The quantitative estimate of drug-likeness (QED) is 0.314. The summed E-state index contributed by atoms with van der Waals surface area (Å²) in [6.45, 7) is 2.05. The van der Waals surface area contributed by atoms with Gasteiger partial charge >= 0.3 is 0 Å². The SMILES string of the molecule is C.CCc1ccc(-c2ccc(C(=O)NCCC(=O)N[C@@H](CN)C(=O)NO)cc2)cc1. The summed E-state index contributed by atoms with van der Waals surface area (Å²) in [6.07, 6.45) is 0.960. The standard InChI is InChI=1S/C21H26N4O4.CH4/c1-2-14-3-5-15(6-4-14)16-7-9-17(10-8-16)20(27)23-12-11-19(26)24-18(13-22)21(28)25-29;/h3-10,18,29H,2,11-13,22H2,1H3,(H,23,27)(H,24,26)(H,25,28);1H4/t18-;/m0./s1. The highest BCUT2D eigenvalue weighted by atomic mass is 16.5. The van der Waals surface area contributed by atoms with Crippen LogP contribution >= 0.6 is 0 Å². The van der Waals surface area contributed by atoms with Crippen molar-refractivity contribution in [2.24, 2.45) is 5.73 Å². The number of nitrogens with two attached hydrogens (primary N) is 1. The number of carbonyl (C=O) groups is 3. The maximum Gasteiger partial charge on any atom is 0.267 e. The predicted molar refractivity (Wildman–Crippen MR) is 116 cm³/mol. The molecule has 30 heavy (non-hydrogen) atoms. The molecule has 0 bridgehead atoms. The Morgan fingerprint density at radius 2 is 1.57 bits per heavy atom. The molecule has 0 aromatic heterocycles. The molecule has 0 aliphatic rings. The van der Waals surface area contributed by atoms with E-state index in [0.29, 0.717) is 5.56 Å². The van der Waals surface area contributed by atoms with Crippen LogP contribution in [0.15, 0.2) is 48.5 Å². The van der Waals surface area contributed by atoms with Gasteiger partial charge in [-0.2, -0.15) is 0 Å². The molecule has 0 aliphatic carbocycles. The van der Waals surface area contributed by atoms with Crippen molar-refractivity contribution in [2.45, 2.75) is 33.2 Å². The van der Waals surface area contributed by atoms with E-state index >= 15 is 0 Å². The maximum atomic E-state index is 12.2. The number of hydrogen-bond donors (Lipinski definition) is 5. The highest BCUT2D eigenvalue weighted by Crippen LogP contribution is 2.20. The van der Waals surface area contributed by atoms with E-state index in [-0.39, 0.29) is 32.8 Å². The fourth-order valence-corrected chi connectivity index (χ4v) is 2.71. The van der Waals surface area contributed by atoms with Gasteiger partial charge in [0.05, 0.1) is 0 Å². The van der Waals surface area contributed by atoms with E-state index in [1.54, 1.807) is 12.1 Å². The van der Waals surface area contributed by atoms with Gasteiger partial charge in [-0.05, 0) is 35.2 Å². The zero-order chi connectivity index (χ0) is 21.2. The molecule has 6 N–H and O–H groups in total. The van der Waals surface area contributed by atoms with Crippen LogP contribution in [0.3, 0.4) is 0 Å². The molecule has 0 fully saturated rings. The third-order valence-electron chi connectivity index (χ3n) is 4.48. The van der Waals surface area contributed by atoms with Crippen molar-refractivity contribution in [3.63, 3.8) is 0 Å². The molecule has 2 aromatic carbocycles. The van der Waals surface area contributed by atoms with Crippen molar-refractivity contribution in [1.29, 1.82) is 0 Å². The van der Waals surface area contributed by atoms with E-state index in [4.69, 9.17) is 10.9 Å². The van der Waals surface area contributed by atoms with Crippen molar-refractivity contribution in [3.05, 3.63) is 59.7 Å². The largest absolute Gasteiger partial charge is 0.352 e. The molecule has 1 atom stereocenters. The van der Waals surface area contributed by atoms with Crippen LogP contribution < -0.4 is 21.8 Å². The normalized spacial score (nSPS) is 11.0. The second-order valence-electron chi connectivity index (χ2n) is 6.47. The molecule has 0 aliphatic heterocycles. The Labute approximate surface area is 176 Å². The molecule has 8 heteroatoms. The molecule has 2 aromatic rings. The number of rotatable bonds is 9. The first-order valence-electron chi connectivity index (χ1n) is 9.39. The summed E-state index contributed by atoms with van der Waals surface area (Å²) in [7, 11) is 0. The van der Waals surface area contributed by atoms with Crippen LogP contribution in [0.2, 0.25) is 0 Å². The minimum absolute atomic E-state index is 0. The maximum absolute atomic E-state index is 12.2. The van der Waals surface area contributed by atoms with Gasteiger partial charge in [0.15, 0.2) is 0 Å². The van der Waals surface area contributed by atoms with Crippen molar-refractivity contribution < 1.29 is 19.6 Å². The van der Waals surface area contributed by atoms with Gasteiger partial charge in [0.2, 0.25) is 5.91 Å². The number of hydroxylamine groups is 1. The number of amides is 3. The molecule has 0 spiro atoms. The third-order valence-corrected chi connectivity index (χ3v) is 4.48. The Morgan fingerprint density at radius 1 is 1.00 bits per heavy atom. The second-order valence-corrected chi connectivity index (χ2v) is 6.47. The summed E-state index contributed by atoms with van der Waals surface area (Å²) in [6, 6.07) is 14.5. The van der Waals surface area contributed by atoms with E-state index in [1.165, 1.54) is 11.0 Å². The van der Waals surface area contributed by atoms with Crippen LogP contribution in [0.4, 0.5) is 0 Å². The number of aryl methyl sites for hydroxylation is 1. The Bertz CT molecular complexity index is 835. The molecule has 0 saturated carbocycles. The molecule has 0 radical (unpaired) electrons. The minimum Gasteiger partial charge on any atom is -0.352 e. The van der Waals surface area contributed by atoms with E-state index in [0.717, 1.165) is 17.5 Å². The molecular formula is C22H30N4O4. The Kier molecular flexibility index (Phi) is 10.2. The average Bonchev–Trinajstić information content (AvgIpc) is 2.77. The lowest BCUT2D eigenvalue weighted by molar-refractivity contribution is -0.134. The highest BCUT2D eigenvalue weighted by Gasteiger charge is 2.18. The van der Waals surface area contributed by atoms with Crippen molar-refractivity contribution in [3.8, 4) is 11.1 Å². The van der Waals surface area contributed by atoms with E-state index in [9.17, 15) is 14.4 Å². The number of nitrogens with one attached hydrogen (secondary N) is 3. The van der Waals surface area contributed by atoms with Crippen LogP contribution in [-0.4, -0.2) is 42.1 Å². The van der Waals surface area contributed by atoms with Crippen LogP contribution in [0.1, 0.15) is 36.7 Å². The molecule has 0 saturated heterocycles. The van der Waals surface area contributed by atoms with E-state index in [2.05, 4.69) is 41.8 Å². The summed E-state index contributed by atoms with van der Waals surface area (Å²) in [5.74, 6) is -1.56. The zero-order valence-electron chi connectivity index (χ0n) is 16.3. The van der Waals surface area contributed by atoms with Gasteiger partial charge in [0.1, 0.15) is 6.04 Å². The smallest absolute Gasteiger partial charge is 0.267 e. The predicted octanol–water partition coefficient (Wildman–Crippen LogP) is 1.62. The Hall–Kier alpha value is -3.23. The van der Waals surface area contributed by atoms with Crippen LogP contribution in [-0.2, 0) is 16.0 Å². The lowest BCUT2D eigenvalue weighted by Gasteiger charge is -2.14. The first-order chi connectivity index (χ1) is 14.0. The summed E-state index contributed by atoms with van der Waals surface area (Å²) in [5, 5.41) is 13.6. The van der Waals surface area contributed by atoms with Gasteiger partial charge in [0.25, 0.3) is 11.8 Å². The molecule has 0 unspecified atom stereocenters. The third kappa shape index (κ3) is 6.98. The molecule has 162 valence electrons. The summed E-state index contributed by atoms with van der Waals surface area (Å²) in [4.78, 5) is 35.3. The van der Waals surface area contributed by atoms with Gasteiger partial charge in [-0.15, -0.1) is 0 Å². The lowest BCUT2D eigenvalue weighted by atomic mass is 10.0. The lowest BCUT2D eigenvalue weighted by Crippen LogP contribution is -2.50. The molecule has 2 rings (SSSR count). The second kappa shape index (κ2) is 12.4. The molecular weight excluding hydrogens is 384 g/mol. The molecule has 3 amide bonds.